The quantitative estimate of drug-likeness (QED) is 0.914. The van der Waals surface area contributed by atoms with Crippen LogP contribution in [0.25, 0.3) is 0 Å². The number of pyridine rings is 1. The molecule has 6 nitrogen and oxygen atoms in total. The van der Waals surface area contributed by atoms with E-state index in [1.54, 1.807) is 12.3 Å². The highest BCUT2D eigenvalue weighted by Gasteiger charge is 2.22. The summed E-state index contributed by atoms with van der Waals surface area (Å²) in [6.45, 7) is 3.88. The smallest absolute Gasteiger partial charge is 0.254 e. The van der Waals surface area contributed by atoms with Crippen LogP contribution in [-0.2, 0) is 6.54 Å². The van der Waals surface area contributed by atoms with Gasteiger partial charge in [-0.25, -0.2) is 0 Å². The summed E-state index contributed by atoms with van der Waals surface area (Å²) in [7, 11) is 3.94. The first-order valence-electron chi connectivity index (χ1n) is 8.49. The van der Waals surface area contributed by atoms with E-state index >= 15 is 0 Å². The first-order chi connectivity index (χ1) is 12.0. The number of carbonyl (C=O) groups is 1. The number of carbonyl (C=O) groups excluding carboxylic acids is 1. The highest BCUT2D eigenvalue weighted by atomic mass is 16.2. The number of hydrogen-bond acceptors (Lipinski definition) is 4. The fourth-order valence-electron chi connectivity index (χ4n) is 3.01. The van der Waals surface area contributed by atoms with E-state index < -0.39 is 0 Å². The molecule has 0 radical (unpaired) electrons. The molecule has 1 aromatic carbocycles. The number of H-pyrrole nitrogens is 1. The number of benzene rings is 1. The average molecular weight is 340 g/mol. The predicted molar refractivity (Wildman–Crippen MR) is 99.0 cm³/mol. The number of nitrogens with zero attached hydrogens (tertiary/aromatic N) is 3. The third-order valence-corrected chi connectivity index (χ3v) is 4.52. The van der Waals surface area contributed by atoms with Gasteiger partial charge in [0.25, 0.3) is 5.91 Å². The lowest BCUT2D eigenvalue weighted by molar-refractivity contribution is 0.0628. The molecule has 25 heavy (non-hydrogen) atoms. The minimum atomic E-state index is -0.0841. The topological polar surface area (TPSA) is 59.7 Å². The first-order valence-corrected chi connectivity index (χ1v) is 8.49. The molecule has 1 N–H and O–H groups in total. The van der Waals surface area contributed by atoms with Crippen LogP contribution >= 0.6 is 0 Å². The maximum Gasteiger partial charge on any atom is 0.254 e. The molecule has 2 aromatic rings. The van der Waals surface area contributed by atoms with Crippen molar-refractivity contribution in [2.75, 3.05) is 45.2 Å². The summed E-state index contributed by atoms with van der Waals surface area (Å²) in [5.74, 6) is 0.0902. The van der Waals surface area contributed by atoms with Gasteiger partial charge >= 0.3 is 0 Å². The number of anilines is 1. The van der Waals surface area contributed by atoms with Gasteiger partial charge in [-0.1, -0.05) is 12.1 Å². The SMILES string of the molecule is CN(C)c1cccc(C(=O)N2CCN(Cc3ccc(=O)[nH]c3)CC2)c1. The van der Waals surface area contributed by atoms with Crippen molar-refractivity contribution < 1.29 is 4.79 Å². The molecule has 1 saturated heterocycles. The lowest BCUT2D eigenvalue weighted by atomic mass is 10.1. The second-order valence-corrected chi connectivity index (χ2v) is 6.57. The van der Waals surface area contributed by atoms with Crippen molar-refractivity contribution in [3.63, 3.8) is 0 Å². The van der Waals surface area contributed by atoms with Crippen LogP contribution in [0, 0.1) is 0 Å². The van der Waals surface area contributed by atoms with Gasteiger partial charge < -0.3 is 14.8 Å². The Kier molecular flexibility index (Phi) is 5.19. The van der Waals surface area contributed by atoms with Crippen molar-refractivity contribution in [3.8, 4) is 0 Å². The third kappa shape index (κ3) is 4.28. The number of amides is 1. The Morgan fingerprint density at radius 2 is 1.88 bits per heavy atom. The summed E-state index contributed by atoms with van der Waals surface area (Å²) in [5, 5.41) is 0. The minimum Gasteiger partial charge on any atom is -0.378 e. The van der Waals surface area contributed by atoms with Crippen molar-refractivity contribution in [1.82, 2.24) is 14.8 Å². The maximum atomic E-state index is 12.7. The molecule has 0 unspecified atom stereocenters. The zero-order valence-electron chi connectivity index (χ0n) is 14.7. The van der Waals surface area contributed by atoms with E-state index in [1.165, 1.54) is 0 Å². The summed E-state index contributed by atoms with van der Waals surface area (Å²) in [5.41, 5.74) is 2.76. The normalized spacial score (nSPS) is 15.2. The van der Waals surface area contributed by atoms with E-state index in [1.807, 2.05) is 54.2 Å². The molecule has 6 heteroatoms. The van der Waals surface area contributed by atoms with E-state index in [-0.39, 0.29) is 11.5 Å². The lowest BCUT2D eigenvalue weighted by Crippen LogP contribution is -2.48. The molecule has 1 aliphatic rings. The molecule has 1 fully saturated rings. The van der Waals surface area contributed by atoms with Crippen molar-refractivity contribution in [2.45, 2.75) is 6.54 Å². The lowest BCUT2D eigenvalue weighted by Gasteiger charge is -2.34. The summed E-state index contributed by atoms with van der Waals surface area (Å²) in [4.78, 5) is 32.8. The van der Waals surface area contributed by atoms with Crippen molar-refractivity contribution in [3.05, 3.63) is 64.1 Å². The molecule has 0 atom stereocenters. The second kappa shape index (κ2) is 7.53. The van der Waals surface area contributed by atoms with Gasteiger partial charge in [-0.2, -0.15) is 0 Å². The monoisotopic (exact) mass is 340 g/mol. The van der Waals surface area contributed by atoms with Crippen LogP contribution in [0.5, 0.6) is 0 Å². The Hall–Kier alpha value is -2.60. The van der Waals surface area contributed by atoms with E-state index in [4.69, 9.17) is 0 Å². The number of nitrogens with one attached hydrogen (secondary N) is 1. The van der Waals surface area contributed by atoms with Gasteiger partial charge in [-0.15, -0.1) is 0 Å². The number of hydrogen-bond donors (Lipinski definition) is 1. The second-order valence-electron chi connectivity index (χ2n) is 6.57. The zero-order valence-corrected chi connectivity index (χ0v) is 14.7. The van der Waals surface area contributed by atoms with Crippen molar-refractivity contribution in [2.24, 2.45) is 0 Å². The average Bonchev–Trinajstić information content (AvgIpc) is 2.64. The number of aromatic amines is 1. The van der Waals surface area contributed by atoms with E-state index in [0.717, 1.165) is 36.4 Å². The molecule has 0 spiro atoms. The van der Waals surface area contributed by atoms with Crippen LogP contribution in [0.4, 0.5) is 5.69 Å². The predicted octanol–water partition coefficient (Wildman–Crippen LogP) is 1.40. The molecule has 132 valence electrons. The fourth-order valence-corrected chi connectivity index (χ4v) is 3.01. The Bertz CT molecular complexity index is 772. The molecule has 0 saturated carbocycles. The fraction of sp³-hybridized carbons (Fsp3) is 0.368. The highest BCUT2D eigenvalue weighted by Crippen LogP contribution is 2.16. The Labute approximate surface area is 147 Å². The molecular weight excluding hydrogens is 316 g/mol. The summed E-state index contributed by atoms with van der Waals surface area (Å²) in [6, 6.07) is 11.1. The number of rotatable bonds is 4. The van der Waals surface area contributed by atoms with E-state index in [9.17, 15) is 9.59 Å². The van der Waals surface area contributed by atoms with Gasteiger partial charge in [0, 0.05) is 70.3 Å². The largest absolute Gasteiger partial charge is 0.378 e. The Morgan fingerprint density at radius 3 is 2.52 bits per heavy atom. The molecule has 3 rings (SSSR count). The van der Waals surface area contributed by atoms with Crippen LogP contribution in [-0.4, -0.2) is 61.0 Å². The van der Waals surface area contributed by atoms with Gasteiger partial charge in [-0.3, -0.25) is 14.5 Å². The summed E-state index contributed by atoms with van der Waals surface area (Å²) < 4.78 is 0. The van der Waals surface area contributed by atoms with Gasteiger partial charge in [0.15, 0.2) is 0 Å². The van der Waals surface area contributed by atoms with Crippen LogP contribution in [0.3, 0.4) is 0 Å². The van der Waals surface area contributed by atoms with Crippen LogP contribution in [0.15, 0.2) is 47.4 Å². The Morgan fingerprint density at radius 1 is 1.12 bits per heavy atom. The zero-order chi connectivity index (χ0) is 17.8. The van der Waals surface area contributed by atoms with Crippen LogP contribution in [0.1, 0.15) is 15.9 Å². The summed E-state index contributed by atoms with van der Waals surface area (Å²) in [6.07, 6.45) is 1.76. The summed E-state index contributed by atoms with van der Waals surface area (Å²) >= 11 is 0. The van der Waals surface area contributed by atoms with Gasteiger partial charge in [-0.05, 0) is 23.8 Å². The van der Waals surface area contributed by atoms with Gasteiger partial charge in [0.2, 0.25) is 5.56 Å². The third-order valence-electron chi connectivity index (χ3n) is 4.52. The standard InChI is InChI=1S/C19H24N4O2/c1-21(2)17-5-3-4-16(12-17)19(25)23-10-8-22(9-11-23)14-15-6-7-18(24)20-13-15/h3-7,12-13H,8-11,14H2,1-2H3,(H,20,24). The molecule has 1 aliphatic heterocycles. The first kappa shape index (κ1) is 17.2. The Balaban J connectivity index is 1.58. The van der Waals surface area contributed by atoms with Gasteiger partial charge in [0.1, 0.15) is 0 Å². The van der Waals surface area contributed by atoms with Crippen molar-refractivity contribution in [1.29, 1.82) is 0 Å². The molecular formula is C19H24N4O2. The minimum absolute atomic E-state index is 0.0841. The molecule has 1 amide bonds. The van der Waals surface area contributed by atoms with Crippen LogP contribution < -0.4 is 10.5 Å². The molecule has 1 aromatic heterocycles. The molecule has 0 aliphatic carbocycles. The highest BCUT2D eigenvalue weighted by molar-refractivity contribution is 5.95. The van der Waals surface area contributed by atoms with Crippen LogP contribution in [0.2, 0.25) is 0 Å². The van der Waals surface area contributed by atoms with Gasteiger partial charge in [0.05, 0.1) is 0 Å². The molecule has 2 heterocycles. The van der Waals surface area contributed by atoms with E-state index in [0.29, 0.717) is 13.1 Å². The maximum absolute atomic E-state index is 12.7. The van der Waals surface area contributed by atoms with E-state index in [2.05, 4.69) is 9.88 Å². The molecule has 0 bridgehead atoms. The van der Waals surface area contributed by atoms with Crippen molar-refractivity contribution >= 4 is 11.6 Å². The number of piperazine rings is 1. The number of aromatic nitrogens is 1.